The van der Waals surface area contributed by atoms with E-state index in [2.05, 4.69) is 4.98 Å². The Bertz CT molecular complexity index is 729. The number of benzene rings is 1. The predicted molar refractivity (Wildman–Crippen MR) is 97.5 cm³/mol. The van der Waals surface area contributed by atoms with E-state index in [0.717, 1.165) is 42.1 Å². The van der Waals surface area contributed by atoms with Crippen molar-refractivity contribution in [2.45, 2.75) is 44.6 Å². The third kappa shape index (κ3) is 4.66. The molecule has 6 heteroatoms. The summed E-state index contributed by atoms with van der Waals surface area (Å²) >= 11 is 1.55. The van der Waals surface area contributed by atoms with E-state index in [4.69, 9.17) is 5.11 Å². The van der Waals surface area contributed by atoms with Crippen LogP contribution in [0.4, 0.5) is 0 Å². The Hall–Kier alpha value is -2.21. The van der Waals surface area contributed by atoms with Gasteiger partial charge in [0.15, 0.2) is 0 Å². The van der Waals surface area contributed by atoms with Crippen LogP contribution in [0.25, 0.3) is 10.6 Å². The first-order chi connectivity index (χ1) is 12.1. The number of hydrogen-bond donors (Lipinski definition) is 1. The molecule has 1 saturated heterocycles. The zero-order chi connectivity index (χ0) is 17.6. The Balaban J connectivity index is 1.64. The fourth-order valence-corrected chi connectivity index (χ4v) is 4.10. The van der Waals surface area contributed by atoms with Crippen LogP contribution in [0, 0.1) is 0 Å². The van der Waals surface area contributed by atoms with Crippen LogP contribution in [0.15, 0.2) is 35.7 Å². The van der Waals surface area contributed by atoms with E-state index in [-0.39, 0.29) is 24.8 Å². The average molecular weight is 358 g/mol. The normalized spacial score (nSPS) is 17.4. The van der Waals surface area contributed by atoms with Gasteiger partial charge in [0.05, 0.1) is 12.1 Å². The number of carboxylic acid groups (broad SMARTS) is 1. The molecule has 0 bridgehead atoms. The molecule has 1 unspecified atom stereocenters. The highest BCUT2D eigenvalue weighted by Crippen LogP contribution is 2.25. The van der Waals surface area contributed by atoms with Gasteiger partial charge in [-0.2, -0.15) is 0 Å². The van der Waals surface area contributed by atoms with Crippen molar-refractivity contribution >= 4 is 23.2 Å². The summed E-state index contributed by atoms with van der Waals surface area (Å²) in [5.41, 5.74) is 1.85. The van der Waals surface area contributed by atoms with Gasteiger partial charge in [0, 0.05) is 30.0 Å². The lowest BCUT2D eigenvalue weighted by Crippen LogP contribution is -2.44. The van der Waals surface area contributed by atoms with Gasteiger partial charge in [0.25, 0.3) is 0 Å². The van der Waals surface area contributed by atoms with Crippen LogP contribution < -0.4 is 0 Å². The molecule has 3 rings (SSSR count). The molecule has 1 aromatic carbocycles. The number of carbonyl (C=O) groups excluding carboxylic acids is 1. The maximum Gasteiger partial charge on any atom is 0.303 e. The van der Waals surface area contributed by atoms with E-state index in [1.807, 2.05) is 40.6 Å². The second-order valence-electron chi connectivity index (χ2n) is 6.36. The molecule has 0 spiro atoms. The molecule has 5 nitrogen and oxygen atoms in total. The van der Waals surface area contributed by atoms with E-state index in [0.29, 0.717) is 6.42 Å². The summed E-state index contributed by atoms with van der Waals surface area (Å²) in [4.78, 5) is 30.0. The van der Waals surface area contributed by atoms with Crippen molar-refractivity contribution in [2.75, 3.05) is 6.54 Å². The second-order valence-corrected chi connectivity index (χ2v) is 7.21. The number of piperidine rings is 1. The topological polar surface area (TPSA) is 70.5 Å². The first-order valence-corrected chi connectivity index (χ1v) is 9.52. The first-order valence-electron chi connectivity index (χ1n) is 8.64. The van der Waals surface area contributed by atoms with Crippen LogP contribution in [-0.4, -0.2) is 39.5 Å². The number of likely N-dealkylation sites (tertiary alicyclic amines) is 1. The highest BCUT2D eigenvalue weighted by atomic mass is 32.1. The van der Waals surface area contributed by atoms with Crippen molar-refractivity contribution in [3.05, 3.63) is 41.4 Å². The molecule has 1 N–H and O–H groups in total. The van der Waals surface area contributed by atoms with Crippen molar-refractivity contribution in [2.24, 2.45) is 0 Å². The molecule has 1 aliphatic heterocycles. The van der Waals surface area contributed by atoms with Gasteiger partial charge in [0.2, 0.25) is 5.91 Å². The lowest BCUT2D eigenvalue weighted by atomic mass is 9.97. The zero-order valence-electron chi connectivity index (χ0n) is 14.1. The number of amides is 1. The smallest absolute Gasteiger partial charge is 0.303 e. The molecule has 0 radical (unpaired) electrons. The largest absolute Gasteiger partial charge is 0.481 e. The summed E-state index contributed by atoms with van der Waals surface area (Å²) < 4.78 is 0. The van der Waals surface area contributed by atoms with E-state index in [1.54, 1.807) is 11.3 Å². The van der Waals surface area contributed by atoms with Crippen molar-refractivity contribution in [3.8, 4) is 10.6 Å². The number of thiazole rings is 1. The monoisotopic (exact) mass is 358 g/mol. The minimum absolute atomic E-state index is 0.0459. The molecule has 2 heterocycles. The van der Waals surface area contributed by atoms with Crippen LogP contribution in [-0.2, 0) is 16.0 Å². The Morgan fingerprint density at radius 1 is 1.24 bits per heavy atom. The number of carbonyl (C=O) groups is 2. The van der Waals surface area contributed by atoms with Crippen LogP contribution in [0.3, 0.4) is 0 Å². The van der Waals surface area contributed by atoms with Crippen molar-refractivity contribution in [3.63, 3.8) is 0 Å². The molecule has 132 valence electrons. The fourth-order valence-electron chi connectivity index (χ4n) is 3.28. The van der Waals surface area contributed by atoms with Gasteiger partial charge in [0.1, 0.15) is 5.01 Å². The molecule has 2 aromatic rings. The minimum Gasteiger partial charge on any atom is -0.481 e. The Morgan fingerprint density at radius 2 is 2.04 bits per heavy atom. The number of rotatable bonds is 6. The molecule has 1 amide bonds. The van der Waals surface area contributed by atoms with E-state index >= 15 is 0 Å². The fraction of sp³-hybridized carbons (Fsp3) is 0.421. The molecule has 0 saturated carbocycles. The van der Waals surface area contributed by atoms with Gasteiger partial charge in [-0.1, -0.05) is 30.3 Å². The number of carboxylic acids is 1. The Labute approximate surface area is 151 Å². The van der Waals surface area contributed by atoms with Crippen molar-refractivity contribution in [1.82, 2.24) is 9.88 Å². The first kappa shape index (κ1) is 17.6. The standard InChI is InChI=1S/C19H22N2O3S/c22-17(21-11-5-4-8-16(21)9-10-18(23)24)12-15-13-25-19(20-15)14-6-2-1-3-7-14/h1-3,6-7,13,16H,4-5,8-12H2,(H,23,24). The third-order valence-corrected chi connectivity index (χ3v) is 5.48. The van der Waals surface area contributed by atoms with Crippen molar-refractivity contribution in [1.29, 1.82) is 0 Å². The molecule has 1 aromatic heterocycles. The molecular weight excluding hydrogens is 336 g/mol. The highest BCUT2D eigenvalue weighted by Gasteiger charge is 2.27. The Morgan fingerprint density at radius 3 is 2.80 bits per heavy atom. The lowest BCUT2D eigenvalue weighted by molar-refractivity contribution is -0.139. The molecular formula is C19H22N2O3S. The van der Waals surface area contributed by atoms with E-state index in [9.17, 15) is 9.59 Å². The maximum absolute atomic E-state index is 12.7. The molecule has 1 atom stereocenters. The van der Waals surface area contributed by atoms with Crippen LogP contribution in [0.2, 0.25) is 0 Å². The van der Waals surface area contributed by atoms with Crippen molar-refractivity contribution < 1.29 is 14.7 Å². The maximum atomic E-state index is 12.7. The summed E-state index contributed by atoms with van der Waals surface area (Å²) in [6, 6.07) is 9.98. The van der Waals surface area contributed by atoms with Gasteiger partial charge < -0.3 is 10.0 Å². The number of aliphatic carboxylic acids is 1. The van der Waals surface area contributed by atoms with Gasteiger partial charge in [-0.25, -0.2) is 4.98 Å². The van der Waals surface area contributed by atoms with Gasteiger partial charge >= 0.3 is 5.97 Å². The van der Waals surface area contributed by atoms with Crippen LogP contribution in [0.5, 0.6) is 0 Å². The van der Waals surface area contributed by atoms with E-state index in [1.165, 1.54) is 0 Å². The summed E-state index contributed by atoms with van der Waals surface area (Å²) in [6.45, 7) is 0.721. The summed E-state index contributed by atoms with van der Waals surface area (Å²) in [5, 5.41) is 11.8. The Kier molecular flexibility index (Phi) is 5.81. The minimum atomic E-state index is -0.801. The molecule has 0 aliphatic carbocycles. The lowest BCUT2D eigenvalue weighted by Gasteiger charge is -2.35. The SMILES string of the molecule is O=C(O)CCC1CCCCN1C(=O)Cc1csc(-c2ccccc2)n1. The predicted octanol–water partition coefficient (Wildman–Crippen LogP) is 3.60. The number of aromatic nitrogens is 1. The molecule has 1 fully saturated rings. The average Bonchev–Trinajstić information content (AvgIpc) is 3.09. The van der Waals surface area contributed by atoms with Gasteiger partial charge in [-0.15, -0.1) is 11.3 Å². The third-order valence-electron chi connectivity index (χ3n) is 4.54. The highest BCUT2D eigenvalue weighted by molar-refractivity contribution is 7.13. The number of hydrogen-bond acceptors (Lipinski definition) is 4. The summed E-state index contributed by atoms with van der Waals surface area (Å²) in [5.74, 6) is -0.745. The zero-order valence-corrected chi connectivity index (χ0v) is 14.9. The quantitative estimate of drug-likeness (QED) is 0.856. The molecule has 25 heavy (non-hydrogen) atoms. The summed E-state index contributed by atoms with van der Waals surface area (Å²) in [7, 11) is 0. The van der Waals surface area contributed by atoms with Crippen LogP contribution >= 0.6 is 11.3 Å². The second kappa shape index (κ2) is 8.25. The summed E-state index contributed by atoms with van der Waals surface area (Å²) in [6.07, 6.45) is 3.87. The van der Waals surface area contributed by atoms with Gasteiger partial charge in [-0.05, 0) is 25.7 Å². The van der Waals surface area contributed by atoms with E-state index < -0.39 is 5.97 Å². The van der Waals surface area contributed by atoms with Crippen LogP contribution in [0.1, 0.15) is 37.8 Å². The van der Waals surface area contributed by atoms with Gasteiger partial charge in [-0.3, -0.25) is 9.59 Å². The number of nitrogens with zero attached hydrogens (tertiary/aromatic N) is 2. The molecule has 1 aliphatic rings.